The normalized spacial score (nSPS) is 10.2. The van der Waals surface area contributed by atoms with Gasteiger partial charge in [-0.05, 0) is 89.0 Å². The Morgan fingerprint density at radius 2 is 1.07 bits per heavy atom. The maximum absolute atomic E-state index is 9.76. The Bertz CT molecular complexity index is 2120. The van der Waals surface area contributed by atoms with Crippen molar-refractivity contribution >= 4 is 33.5 Å². The predicted molar refractivity (Wildman–Crippen MR) is 170 cm³/mol. The summed E-state index contributed by atoms with van der Waals surface area (Å²) in [6.45, 7) is 7.41. The van der Waals surface area contributed by atoms with Gasteiger partial charge in [-0.15, -0.1) is 0 Å². The number of rotatable bonds is 5. The number of nitrogens with zero attached hydrogens (tertiary/aromatic N) is 5. The average Bonchev–Trinajstić information content (AvgIpc) is 3.08. The van der Waals surface area contributed by atoms with Crippen LogP contribution in [0.4, 0.5) is 22.7 Å². The fourth-order valence-electron chi connectivity index (χ4n) is 5.25. The van der Waals surface area contributed by atoms with E-state index in [1.54, 1.807) is 18.2 Å². The summed E-state index contributed by atoms with van der Waals surface area (Å²) in [4.78, 5) is 5.68. The first-order valence-corrected chi connectivity index (χ1v) is 13.5. The Hall–Kier alpha value is -6.66. The van der Waals surface area contributed by atoms with Crippen LogP contribution in [0.25, 0.3) is 37.9 Å². The first kappa shape index (κ1) is 26.6. The molecule has 0 fully saturated rings. The second-order valence-electron chi connectivity index (χ2n) is 9.90. The highest BCUT2D eigenvalue weighted by molar-refractivity contribution is 6.01. The molecule has 0 unspecified atom stereocenters. The largest absolute Gasteiger partial charge is 0.310 e. The minimum absolute atomic E-state index is 0.422. The summed E-state index contributed by atoms with van der Waals surface area (Å²) in [6.07, 6.45) is 0. The van der Waals surface area contributed by atoms with Crippen molar-refractivity contribution in [3.63, 3.8) is 0 Å². The first-order valence-electron chi connectivity index (χ1n) is 13.5. The van der Waals surface area contributed by atoms with Gasteiger partial charge >= 0.3 is 0 Å². The van der Waals surface area contributed by atoms with Crippen LogP contribution in [0.2, 0.25) is 0 Å². The van der Waals surface area contributed by atoms with Gasteiger partial charge in [0.2, 0.25) is 0 Å². The Morgan fingerprint density at radius 1 is 0.512 bits per heavy atom. The molecular formula is C38H21N5. The Kier molecular flexibility index (Phi) is 7.07. The Balaban J connectivity index is 1.47. The van der Waals surface area contributed by atoms with Crippen LogP contribution < -0.4 is 4.90 Å². The van der Waals surface area contributed by atoms with E-state index in [0.717, 1.165) is 50.1 Å². The molecule has 198 valence electrons. The molecule has 0 aromatic heterocycles. The number of hydrogen-bond acceptors (Lipinski definition) is 4. The van der Waals surface area contributed by atoms with E-state index >= 15 is 0 Å². The molecule has 5 nitrogen and oxygen atoms in total. The fourth-order valence-corrected chi connectivity index (χ4v) is 5.25. The van der Waals surface area contributed by atoms with Gasteiger partial charge in [0, 0.05) is 27.7 Å². The van der Waals surface area contributed by atoms with E-state index in [9.17, 15) is 10.5 Å². The van der Waals surface area contributed by atoms with Crippen LogP contribution in [0.1, 0.15) is 16.7 Å². The lowest BCUT2D eigenvalue weighted by Gasteiger charge is -2.27. The van der Waals surface area contributed by atoms with Gasteiger partial charge < -0.3 is 4.90 Å². The monoisotopic (exact) mass is 547 g/mol. The van der Waals surface area contributed by atoms with Gasteiger partial charge in [-0.1, -0.05) is 60.7 Å². The predicted octanol–water partition coefficient (Wildman–Crippen LogP) is 9.81. The van der Waals surface area contributed by atoms with Crippen LogP contribution >= 0.6 is 0 Å². The molecule has 6 aromatic rings. The molecule has 0 aliphatic rings. The third-order valence-electron chi connectivity index (χ3n) is 7.37. The molecule has 5 heteroatoms. The Labute approximate surface area is 249 Å². The van der Waals surface area contributed by atoms with Gasteiger partial charge in [0.1, 0.15) is 0 Å². The van der Waals surface area contributed by atoms with Gasteiger partial charge in [0.05, 0.1) is 41.6 Å². The minimum Gasteiger partial charge on any atom is -0.310 e. The molecule has 0 amide bonds. The van der Waals surface area contributed by atoms with Gasteiger partial charge in [0.25, 0.3) is 0 Å². The molecule has 0 saturated carbocycles. The highest BCUT2D eigenvalue weighted by Gasteiger charge is 2.17. The molecule has 6 aromatic carbocycles. The lowest BCUT2D eigenvalue weighted by atomic mass is 9.99. The zero-order valence-corrected chi connectivity index (χ0v) is 22.9. The standard InChI is InChI=1S/C38H21N5/c1-42-33-21-27(24-40)20-32(22-33)30-12-17-35(18-13-30)43(38-19-14-31(25-41)36-4-2-3-5-37(36)38)34-15-10-29(11-16-34)28-8-6-26(23-39)7-9-28/h2-22H. The highest BCUT2D eigenvalue weighted by atomic mass is 15.1. The topological polar surface area (TPSA) is 79.0 Å². The second kappa shape index (κ2) is 11.4. The molecule has 0 heterocycles. The third-order valence-corrected chi connectivity index (χ3v) is 7.37. The van der Waals surface area contributed by atoms with Crippen LogP contribution in [0.5, 0.6) is 0 Å². The molecule has 0 bridgehead atoms. The average molecular weight is 548 g/mol. The van der Waals surface area contributed by atoms with Crippen LogP contribution in [0.15, 0.2) is 127 Å². The summed E-state index contributed by atoms with van der Waals surface area (Å²) in [6, 6.07) is 47.3. The lowest BCUT2D eigenvalue weighted by molar-refractivity contribution is 1.30. The van der Waals surface area contributed by atoms with E-state index in [0.29, 0.717) is 22.4 Å². The molecule has 0 saturated heterocycles. The van der Waals surface area contributed by atoms with Crippen molar-refractivity contribution < 1.29 is 0 Å². The van der Waals surface area contributed by atoms with Crippen molar-refractivity contribution in [2.24, 2.45) is 0 Å². The summed E-state index contributed by atoms with van der Waals surface area (Å²) < 4.78 is 0. The van der Waals surface area contributed by atoms with E-state index < -0.39 is 0 Å². The maximum atomic E-state index is 9.76. The summed E-state index contributed by atoms with van der Waals surface area (Å²) in [7, 11) is 0. The van der Waals surface area contributed by atoms with Crippen LogP contribution in [-0.2, 0) is 0 Å². The van der Waals surface area contributed by atoms with Crippen molar-refractivity contribution in [3.05, 3.63) is 156 Å². The Morgan fingerprint density at radius 3 is 1.63 bits per heavy atom. The van der Waals surface area contributed by atoms with Crippen LogP contribution in [0.3, 0.4) is 0 Å². The van der Waals surface area contributed by atoms with E-state index in [1.807, 2.05) is 84.9 Å². The maximum Gasteiger partial charge on any atom is 0.189 e. The number of fused-ring (bicyclic) bond motifs is 1. The van der Waals surface area contributed by atoms with Gasteiger partial charge in [-0.25, -0.2) is 4.85 Å². The van der Waals surface area contributed by atoms with Crippen molar-refractivity contribution in [2.45, 2.75) is 0 Å². The molecule has 0 aliphatic heterocycles. The number of hydrogen-bond donors (Lipinski definition) is 0. The summed E-state index contributed by atoms with van der Waals surface area (Å²) in [5.41, 5.74) is 8.61. The highest BCUT2D eigenvalue weighted by Crippen LogP contribution is 2.41. The van der Waals surface area contributed by atoms with Gasteiger partial charge in [-0.3, -0.25) is 0 Å². The molecule has 0 spiro atoms. The summed E-state index contributed by atoms with van der Waals surface area (Å²) >= 11 is 0. The second-order valence-corrected chi connectivity index (χ2v) is 9.90. The molecule has 0 radical (unpaired) electrons. The number of benzene rings is 6. The first-order chi connectivity index (χ1) is 21.1. The SMILES string of the molecule is [C-]#[N+]c1cc(C#N)cc(-c2ccc(N(c3ccc(-c4ccc(C#N)cc4)cc3)c3ccc(C#N)c4ccccc34)cc2)c1. The summed E-state index contributed by atoms with van der Waals surface area (Å²) in [5, 5.41) is 30.2. The summed E-state index contributed by atoms with van der Waals surface area (Å²) in [5.74, 6) is 0. The van der Waals surface area contributed by atoms with Crippen molar-refractivity contribution in [2.75, 3.05) is 4.90 Å². The van der Waals surface area contributed by atoms with E-state index in [1.165, 1.54) is 0 Å². The van der Waals surface area contributed by atoms with E-state index in [-0.39, 0.29) is 0 Å². The zero-order chi connectivity index (χ0) is 29.8. The van der Waals surface area contributed by atoms with Crippen LogP contribution in [0, 0.1) is 40.6 Å². The number of anilines is 3. The smallest absolute Gasteiger partial charge is 0.189 e. The lowest BCUT2D eigenvalue weighted by Crippen LogP contribution is -2.10. The molecular weight excluding hydrogens is 526 g/mol. The van der Waals surface area contributed by atoms with Crippen LogP contribution in [-0.4, -0.2) is 0 Å². The minimum atomic E-state index is 0.422. The third kappa shape index (κ3) is 5.15. The molecule has 0 aliphatic carbocycles. The van der Waals surface area contributed by atoms with Gasteiger partial charge in [-0.2, -0.15) is 15.8 Å². The quantitative estimate of drug-likeness (QED) is 0.201. The zero-order valence-electron chi connectivity index (χ0n) is 22.9. The van der Waals surface area contributed by atoms with Crippen molar-refractivity contribution in [1.82, 2.24) is 0 Å². The molecule has 0 atom stereocenters. The van der Waals surface area contributed by atoms with E-state index in [4.69, 9.17) is 11.8 Å². The molecule has 0 N–H and O–H groups in total. The fraction of sp³-hybridized carbons (Fsp3) is 0. The molecule has 43 heavy (non-hydrogen) atoms. The number of nitriles is 3. The van der Waals surface area contributed by atoms with Gasteiger partial charge in [0.15, 0.2) is 5.69 Å². The van der Waals surface area contributed by atoms with E-state index in [2.05, 4.69) is 52.2 Å². The van der Waals surface area contributed by atoms with Crippen molar-refractivity contribution in [3.8, 4) is 40.5 Å². The van der Waals surface area contributed by atoms with Crippen molar-refractivity contribution in [1.29, 1.82) is 15.8 Å². The molecule has 6 rings (SSSR count).